The molecular formula is C10H20N4. The Morgan fingerprint density at radius 2 is 2.21 bits per heavy atom. The first-order valence-corrected chi connectivity index (χ1v) is 5.03. The van der Waals surface area contributed by atoms with Gasteiger partial charge in [-0.2, -0.15) is 5.26 Å². The normalized spacial score (nSPS) is 11.5. The van der Waals surface area contributed by atoms with Gasteiger partial charge in [0.2, 0.25) is 0 Å². The van der Waals surface area contributed by atoms with E-state index in [-0.39, 0.29) is 0 Å². The molecule has 0 saturated carbocycles. The number of guanidine groups is 1. The van der Waals surface area contributed by atoms with Crippen molar-refractivity contribution in [3.63, 3.8) is 0 Å². The van der Waals surface area contributed by atoms with Crippen LogP contribution in [0.15, 0.2) is 4.99 Å². The molecule has 0 spiro atoms. The molecule has 0 unspecified atom stereocenters. The first kappa shape index (κ1) is 12.8. The second kappa shape index (κ2) is 7.19. The van der Waals surface area contributed by atoms with Crippen molar-refractivity contribution in [2.75, 3.05) is 19.6 Å². The summed E-state index contributed by atoms with van der Waals surface area (Å²) >= 11 is 0. The summed E-state index contributed by atoms with van der Waals surface area (Å²) < 4.78 is 0. The van der Waals surface area contributed by atoms with Crippen LogP contribution >= 0.6 is 0 Å². The molecule has 2 N–H and O–H groups in total. The van der Waals surface area contributed by atoms with Crippen molar-refractivity contribution in [1.82, 2.24) is 4.90 Å². The van der Waals surface area contributed by atoms with Crippen molar-refractivity contribution < 1.29 is 0 Å². The van der Waals surface area contributed by atoms with Gasteiger partial charge in [0.05, 0.1) is 12.5 Å². The fourth-order valence-electron chi connectivity index (χ4n) is 1.19. The summed E-state index contributed by atoms with van der Waals surface area (Å²) in [6.45, 7) is 8.41. The molecule has 0 fully saturated rings. The van der Waals surface area contributed by atoms with Crippen LogP contribution in [0.4, 0.5) is 0 Å². The van der Waals surface area contributed by atoms with Crippen molar-refractivity contribution >= 4 is 5.96 Å². The summed E-state index contributed by atoms with van der Waals surface area (Å²) in [5.74, 6) is 1.08. The SMILES string of the molecule is CCN=C(N)N(CCC#N)CC(C)C. The van der Waals surface area contributed by atoms with Crippen LogP contribution in [-0.4, -0.2) is 30.5 Å². The van der Waals surface area contributed by atoms with Gasteiger partial charge in [-0.1, -0.05) is 13.8 Å². The average molecular weight is 196 g/mol. The van der Waals surface area contributed by atoms with Crippen molar-refractivity contribution in [2.24, 2.45) is 16.6 Å². The van der Waals surface area contributed by atoms with Crippen molar-refractivity contribution in [1.29, 1.82) is 5.26 Å². The zero-order valence-corrected chi connectivity index (χ0v) is 9.32. The Bertz CT molecular complexity index is 215. The van der Waals surface area contributed by atoms with E-state index in [9.17, 15) is 0 Å². The summed E-state index contributed by atoms with van der Waals surface area (Å²) in [6, 6.07) is 2.12. The van der Waals surface area contributed by atoms with Gasteiger partial charge in [0, 0.05) is 19.6 Å². The zero-order chi connectivity index (χ0) is 11.0. The molecule has 4 heteroatoms. The number of nitrogens with zero attached hydrogens (tertiary/aromatic N) is 3. The molecule has 0 rings (SSSR count). The number of nitrogens with two attached hydrogens (primary N) is 1. The summed E-state index contributed by atoms with van der Waals surface area (Å²) in [6.07, 6.45) is 0.493. The molecule has 0 aromatic rings. The Labute approximate surface area is 86.4 Å². The third-order valence-electron chi connectivity index (χ3n) is 1.72. The molecule has 0 radical (unpaired) electrons. The van der Waals surface area contributed by atoms with Crippen LogP contribution in [0.3, 0.4) is 0 Å². The topological polar surface area (TPSA) is 65.4 Å². The monoisotopic (exact) mass is 196 g/mol. The van der Waals surface area contributed by atoms with Gasteiger partial charge in [0.1, 0.15) is 0 Å². The minimum Gasteiger partial charge on any atom is -0.370 e. The standard InChI is InChI=1S/C10H20N4/c1-4-13-10(12)14(7-5-6-11)8-9(2)3/h9H,4-5,7-8H2,1-3H3,(H2,12,13). The summed E-state index contributed by atoms with van der Waals surface area (Å²) in [4.78, 5) is 6.11. The van der Waals surface area contributed by atoms with E-state index < -0.39 is 0 Å². The molecule has 0 aliphatic carbocycles. The van der Waals surface area contributed by atoms with Gasteiger partial charge in [0.25, 0.3) is 0 Å². The average Bonchev–Trinajstić information content (AvgIpc) is 2.12. The van der Waals surface area contributed by atoms with Crippen LogP contribution in [-0.2, 0) is 0 Å². The van der Waals surface area contributed by atoms with E-state index in [1.165, 1.54) is 0 Å². The van der Waals surface area contributed by atoms with Gasteiger partial charge in [-0.25, -0.2) is 0 Å². The van der Waals surface area contributed by atoms with E-state index in [4.69, 9.17) is 11.0 Å². The van der Waals surface area contributed by atoms with Gasteiger partial charge < -0.3 is 10.6 Å². The largest absolute Gasteiger partial charge is 0.370 e. The number of hydrogen-bond donors (Lipinski definition) is 1. The first-order valence-electron chi connectivity index (χ1n) is 5.03. The highest BCUT2D eigenvalue weighted by molar-refractivity contribution is 5.78. The molecule has 0 aromatic heterocycles. The smallest absolute Gasteiger partial charge is 0.191 e. The number of hydrogen-bond acceptors (Lipinski definition) is 2. The molecule has 0 amide bonds. The molecule has 14 heavy (non-hydrogen) atoms. The van der Waals surface area contributed by atoms with Gasteiger partial charge in [-0.05, 0) is 12.8 Å². The molecule has 0 aromatic carbocycles. The van der Waals surface area contributed by atoms with Crippen molar-refractivity contribution in [3.8, 4) is 6.07 Å². The molecule has 0 aliphatic heterocycles. The van der Waals surface area contributed by atoms with E-state index in [2.05, 4.69) is 24.9 Å². The second-order valence-electron chi connectivity index (χ2n) is 3.58. The maximum atomic E-state index is 8.50. The van der Waals surface area contributed by atoms with E-state index in [1.54, 1.807) is 0 Å². The third kappa shape index (κ3) is 5.41. The predicted molar refractivity (Wildman–Crippen MR) is 58.8 cm³/mol. The Hall–Kier alpha value is -1.24. The minimum atomic E-state index is 0.493. The fourth-order valence-corrected chi connectivity index (χ4v) is 1.19. The quantitative estimate of drug-likeness (QED) is 0.530. The summed E-state index contributed by atoms with van der Waals surface area (Å²) in [7, 11) is 0. The van der Waals surface area contributed by atoms with Crippen LogP contribution in [0.1, 0.15) is 27.2 Å². The van der Waals surface area contributed by atoms with Gasteiger partial charge in [0.15, 0.2) is 5.96 Å². The van der Waals surface area contributed by atoms with E-state index in [0.717, 1.165) is 6.54 Å². The van der Waals surface area contributed by atoms with Gasteiger partial charge in [-0.15, -0.1) is 0 Å². The third-order valence-corrected chi connectivity index (χ3v) is 1.72. The number of aliphatic imine (C=N–C) groups is 1. The highest BCUT2D eigenvalue weighted by Crippen LogP contribution is 1.99. The van der Waals surface area contributed by atoms with Crippen LogP contribution < -0.4 is 5.73 Å². The molecule has 0 heterocycles. The Morgan fingerprint density at radius 1 is 1.57 bits per heavy atom. The molecule has 0 saturated heterocycles. The highest BCUT2D eigenvalue weighted by atomic mass is 15.2. The molecule has 0 bridgehead atoms. The minimum absolute atomic E-state index is 0.493. The van der Waals surface area contributed by atoms with E-state index in [1.807, 2.05) is 11.8 Å². The first-order chi connectivity index (χ1) is 6.61. The lowest BCUT2D eigenvalue weighted by Gasteiger charge is -2.24. The Balaban J connectivity index is 4.24. The van der Waals surface area contributed by atoms with Crippen molar-refractivity contribution in [2.45, 2.75) is 27.2 Å². The second-order valence-corrected chi connectivity index (χ2v) is 3.58. The summed E-state index contributed by atoms with van der Waals surface area (Å²) in [5, 5.41) is 8.50. The van der Waals surface area contributed by atoms with Gasteiger partial charge >= 0.3 is 0 Å². The molecule has 4 nitrogen and oxygen atoms in total. The van der Waals surface area contributed by atoms with Crippen LogP contribution in [0.5, 0.6) is 0 Å². The Morgan fingerprint density at radius 3 is 2.64 bits per heavy atom. The fraction of sp³-hybridized carbons (Fsp3) is 0.800. The van der Waals surface area contributed by atoms with E-state index in [0.29, 0.717) is 31.4 Å². The van der Waals surface area contributed by atoms with Crippen LogP contribution in [0, 0.1) is 17.2 Å². The van der Waals surface area contributed by atoms with E-state index >= 15 is 0 Å². The number of nitriles is 1. The number of rotatable bonds is 5. The lowest BCUT2D eigenvalue weighted by Crippen LogP contribution is -2.40. The molecular weight excluding hydrogens is 176 g/mol. The van der Waals surface area contributed by atoms with Crippen LogP contribution in [0.2, 0.25) is 0 Å². The predicted octanol–water partition coefficient (Wildman–Crippen LogP) is 1.19. The highest BCUT2D eigenvalue weighted by Gasteiger charge is 2.08. The van der Waals surface area contributed by atoms with Gasteiger partial charge in [-0.3, -0.25) is 4.99 Å². The molecule has 80 valence electrons. The summed E-state index contributed by atoms with van der Waals surface area (Å²) in [5.41, 5.74) is 5.78. The molecule has 0 aliphatic rings. The maximum Gasteiger partial charge on any atom is 0.191 e. The lowest BCUT2D eigenvalue weighted by molar-refractivity contribution is 0.367. The van der Waals surface area contributed by atoms with Crippen LogP contribution in [0.25, 0.3) is 0 Å². The lowest BCUT2D eigenvalue weighted by atomic mass is 10.2. The molecule has 0 atom stereocenters. The zero-order valence-electron chi connectivity index (χ0n) is 9.32. The van der Waals surface area contributed by atoms with Crippen molar-refractivity contribution in [3.05, 3.63) is 0 Å². The maximum absolute atomic E-state index is 8.50. The Kier molecular flexibility index (Phi) is 6.55.